The monoisotopic (exact) mass is 328 g/mol. The maximum atomic E-state index is 10.7. The molecule has 106 valence electrons. The molecule has 0 saturated carbocycles. The lowest BCUT2D eigenvalue weighted by atomic mass is 9.97. The molecule has 2 rings (SSSR count). The summed E-state index contributed by atoms with van der Waals surface area (Å²) in [6, 6.07) is 8.02. The standard InChI is InChI=1S/C15H14Cl2O2S/c1-10(18)19-9-20-12-7-5-11(6-8-12)13-3-2-4-14(16)15(13)17/h4-8H,2-3,9H2,1H3. The van der Waals surface area contributed by atoms with E-state index in [9.17, 15) is 4.79 Å². The Kier molecular flexibility index (Phi) is 5.58. The molecule has 0 radical (unpaired) electrons. The van der Waals surface area contributed by atoms with Gasteiger partial charge in [0.15, 0.2) is 0 Å². The minimum Gasteiger partial charge on any atom is -0.454 e. The molecule has 0 saturated heterocycles. The lowest BCUT2D eigenvalue weighted by Gasteiger charge is -2.15. The number of thioether (sulfide) groups is 1. The molecule has 2 nitrogen and oxygen atoms in total. The number of allylic oxidation sites excluding steroid dienone is 4. The number of hydrogen-bond acceptors (Lipinski definition) is 3. The quantitative estimate of drug-likeness (QED) is 0.433. The number of carbonyl (C=O) groups excluding carboxylic acids is 1. The molecular weight excluding hydrogens is 315 g/mol. The predicted octanol–water partition coefficient (Wildman–Crippen LogP) is 5.17. The highest BCUT2D eigenvalue weighted by molar-refractivity contribution is 7.99. The van der Waals surface area contributed by atoms with Crippen LogP contribution >= 0.6 is 35.0 Å². The van der Waals surface area contributed by atoms with Crippen LogP contribution in [-0.4, -0.2) is 11.9 Å². The van der Waals surface area contributed by atoms with Crippen LogP contribution in [0.15, 0.2) is 45.3 Å². The van der Waals surface area contributed by atoms with E-state index in [-0.39, 0.29) is 5.97 Å². The second-order valence-corrected chi connectivity index (χ2v) is 6.09. The summed E-state index contributed by atoms with van der Waals surface area (Å²) in [4.78, 5) is 11.7. The van der Waals surface area contributed by atoms with Gasteiger partial charge in [-0.05, 0) is 36.1 Å². The summed E-state index contributed by atoms with van der Waals surface area (Å²) in [5.74, 6) is 0.0573. The van der Waals surface area contributed by atoms with E-state index in [1.54, 1.807) is 0 Å². The highest BCUT2D eigenvalue weighted by Crippen LogP contribution is 2.36. The van der Waals surface area contributed by atoms with E-state index >= 15 is 0 Å². The number of hydrogen-bond donors (Lipinski definition) is 0. The van der Waals surface area contributed by atoms with Gasteiger partial charge in [-0.25, -0.2) is 0 Å². The zero-order chi connectivity index (χ0) is 14.5. The van der Waals surface area contributed by atoms with Gasteiger partial charge in [-0.3, -0.25) is 4.79 Å². The molecule has 5 heteroatoms. The number of halogens is 2. The molecule has 1 aliphatic carbocycles. The Balaban J connectivity index is 2.07. The van der Waals surface area contributed by atoms with E-state index in [0.29, 0.717) is 16.0 Å². The number of rotatable bonds is 4. The Labute approximate surface area is 132 Å². The third-order valence-electron chi connectivity index (χ3n) is 2.88. The van der Waals surface area contributed by atoms with E-state index in [0.717, 1.165) is 28.9 Å². The van der Waals surface area contributed by atoms with Gasteiger partial charge >= 0.3 is 5.97 Å². The Bertz CT molecular complexity index is 562. The first-order chi connectivity index (χ1) is 9.58. The third-order valence-corrected chi connectivity index (χ3v) is 4.60. The average molecular weight is 329 g/mol. The number of esters is 1. The van der Waals surface area contributed by atoms with Crippen molar-refractivity contribution in [2.75, 3.05) is 5.94 Å². The summed E-state index contributed by atoms with van der Waals surface area (Å²) >= 11 is 13.8. The summed E-state index contributed by atoms with van der Waals surface area (Å²) < 4.78 is 4.89. The fraction of sp³-hybridized carbons (Fsp3) is 0.267. The van der Waals surface area contributed by atoms with Gasteiger partial charge in [-0.2, -0.15) is 0 Å². The van der Waals surface area contributed by atoms with Crippen molar-refractivity contribution in [3.8, 4) is 0 Å². The molecule has 0 atom stereocenters. The summed E-state index contributed by atoms with van der Waals surface area (Å²) in [5.41, 5.74) is 2.16. The van der Waals surface area contributed by atoms with Gasteiger partial charge in [0, 0.05) is 11.8 Å². The molecule has 0 aliphatic heterocycles. The first-order valence-corrected chi connectivity index (χ1v) is 7.93. The summed E-state index contributed by atoms with van der Waals surface area (Å²) in [6.45, 7) is 1.40. The highest BCUT2D eigenvalue weighted by Gasteiger charge is 2.14. The Morgan fingerprint density at radius 1 is 1.30 bits per heavy atom. The van der Waals surface area contributed by atoms with Crippen molar-refractivity contribution in [1.29, 1.82) is 0 Å². The highest BCUT2D eigenvalue weighted by atomic mass is 35.5. The van der Waals surface area contributed by atoms with Crippen molar-refractivity contribution in [2.24, 2.45) is 0 Å². The number of carbonyl (C=O) groups is 1. The molecule has 0 heterocycles. The van der Waals surface area contributed by atoms with Crippen LogP contribution in [0.3, 0.4) is 0 Å². The molecule has 1 aromatic rings. The first-order valence-electron chi connectivity index (χ1n) is 6.19. The molecule has 0 N–H and O–H groups in total. The van der Waals surface area contributed by atoms with Crippen LogP contribution < -0.4 is 0 Å². The molecular formula is C15H14Cl2O2S. The van der Waals surface area contributed by atoms with Crippen LogP contribution in [0.2, 0.25) is 0 Å². The second kappa shape index (κ2) is 7.21. The second-order valence-electron chi connectivity index (χ2n) is 4.31. The Hall–Kier alpha value is -0.900. The minimum absolute atomic E-state index is 0.269. The van der Waals surface area contributed by atoms with E-state index < -0.39 is 0 Å². The van der Waals surface area contributed by atoms with Gasteiger partial charge in [0.1, 0.15) is 5.94 Å². The van der Waals surface area contributed by atoms with Crippen molar-refractivity contribution < 1.29 is 9.53 Å². The van der Waals surface area contributed by atoms with Gasteiger partial charge in [0.2, 0.25) is 0 Å². The molecule has 1 aliphatic rings. The zero-order valence-electron chi connectivity index (χ0n) is 11.0. The number of ether oxygens (including phenoxy) is 1. The fourth-order valence-corrected chi connectivity index (χ4v) is 3.08. The van der Waals surface area contributed by atoms with Crippen LogP contribution in [0.4, 0.5) is 0 Å². The molecule has 0 aromatic heterocycles. The summed E-state index contributed by atoms with van der Waals surface area (Å²) in [7, 11) is 0. The summed E-state index contributed by atoms with van der Waals surface area (Å²) in [6.07, 6.45) is 3.75. The van der Waals surface area contributed by atoms with Crippen molar-refractivity contribution in [2.45, 2.75) is 24.7 Å². The Morgan fingerprint density at radius 2 is 2.00 bits per heavy atom. The van der Waals surface area contributed by atoms with Crippen LogP contribution in [-0.2, 0) is 9.53 Å². The molecule has 20 heavy (non-hydrogen) atoms. The lowest BCUT2D eigenvalue weighted by Crippen LogP contribution is -1.97. The van der Waals surface area contributed by atoms with Gasteiger partial charge in [-0.1, -0.05) is 53.2 Å². The largest absolute Gasteiger partial charge is 0.454 e. The van der Waals surface area contributed by atoms with Crippen molar-refractivity contribution >= 4 is 46.5 Å². The van der Waals surface area contributed by atoms with E-state index in [4.69, 9.17) is 27.9 Å². The molecule has 0 unspecified atom stereocenters. The molecule has 0 spiro atoms. The normalized spacial score (nSPS) is 15.1. The van der Waals surface area contributed by atoms with Crippen LogP contribution in [0.5, 0.6) is 0 Å². The minimum atomic E-state index is -0.269. The van der Waals surface area contributed by atoms with Crippen LogP contribution in [0.25, 0.3) is 5.57 Å². The predicted molar refractivity (Wildman–Crippen MR) is 84.9 cm³/mol. The summed E-state index contributed by atoms with van der Waals surface area (Å²) in [5, 5.41) is 1.26. The smallest absolute Gasteiger partial charge is 0.303 e. The fourth-order valence-electron chi connectivity index (χ4n) is 1.89. The Morgan fingerprint density at radius 3 is 2.65 bits per heavy atom. The zero-order valence-corrected chi connectivity index (χ0v) is 13.3. The SMILES string of the molecule is CC(=O)OCSc1ccc(C2=C(Cl)C(Cl)=CCC2)cc1. The van der Waals surface area contributed by atoms with E-state index in [1.165, 1.54) is 18.7 Å². The molecule has 0 bridgehead atoms. The van der Waals surface area contributed by atoms with Gasteiger partial charge < -0.3 is 4.74 Å². The van der Waals surface area contributed by atoms with Crippen LogP contribution in [0, 0.1) is 0 Å². The lowest BCUT2D eigenvalue weighted by molar-refractivity contribution is -0.138. The maximum Gasteiger partial charge on any atom is 0.303 e. The van der Waals surface area contributed by atoms with E-state index in [1.807, 2.05) is 30.3 Å². The number of benzene rings is 1. The van der Waals surface area contributed by atoms with Gasteiger partial charge in [-0.15, -0.1) is 0 Å². The van der Waals surface area contributed by atoms with Crippen molar-refractivity contribution in [3.63, 3.8) is 0 Å². The molecule has 0 fully saturated rings. The van der Waals surface area contributed by atoms with Crippen LogP contribution in [0.1, 0.15) is 25.3 Å². The van der Waals surface area contributed by atoms with Gasteiger partial charge in [0.25, 0.3) is 0 Å². The average Bonchev–Trinajstić information content (AvgIpc) is 2.42. The van der Waals surface area contributed by atoms with Gasteiger partial charge in [0.05, 0.1) is 10.1 Å². The molecule has 0 amide bonds. The third kappa shape index (κ3) is 4.05. The molecule has 1 aromatic carbocycles. The maximum absolute atomic E-state index is 10.7. The van der Waals surface area contributed by atoms with Crippen molar-refractivity contribution in [1.82, 2.24) is 0 Å². The van der Waals surface area contributed by atoms with Crippen molar-refractivity contribution in [3.05, 3.63) is 46.0 Å². The first kappa shape index (κ1) is 15.5. The van der Waals surface area contributed by atoms with E-state index in [2.05, 4.69) is 0 Å². The topological polar surface area (TPSA) is 26.3 Å².